The third-order valence-electron chi connectivity index (χ3n) is 3.44. The van der Waals surface area contributed by atoms with Gasteiger partial charge in [0.25, 0.3) is 5.91 Å². The minimum absolute atomic E-state index is 0. The van der Waals surface area contributed by atoms with Crippen molar-refractivity contribution in [3.8, 4) is 11.3 Å². The topological polar surface area (TPSA) is 58.4 Å². The molecule has 21 heavy (non-hydrogen) atoms. The highest BCUT2D eigenvalue weighted by molar-refractivity contribution is 5.93. The van der Waals surface area contributed by atoms with E-state index in [4.69, 9.17) is 4.52 Å². The van der Waals surface area contributed by atoms with Crippen LogP contribution in [0.1, 0.15) is 17.4 Å². The largest absolute Gasteiger partial charge is 0.355 e. The van der Waals surface area contributed by atoms with Crippen LogP contribution in [-0.2, 0) is 0 Å². The summed E-state index contributed by atoms with van der Waals surface area (Å²) in [6.45, 7) is 4.29. The number of carbonyl (C=O) groups is 1. The Kier molecular flexibility index (Phi) is 4.98. The number of hydrogen-bond donors (Lipinski definition) is 1. The molecule has 1 aliphatic heterocycles. The fourth-order valence-electron chi connectivity index (χ4n) is 2.39. The number of hydrogen-bond acceptors (Lipinski definition) is 4. The molecule has 1 unspecified atom stereocenters. The molecule has 1 aliphatic rings. The quantitative estimate of drug-likeness (QED) is 0.924. The maximum atomic E-state index is 12.4. The average molecular weight is 308 g/mol. The van der Waals surface area contributed by atoms with Crippen molar-refractivity contribution >= 4 is 18.3 Å². The lowest BCUT2D eigenvalue weighted by atomic mass is 10.1. The molecular weight excluding hydrogens is 290 g/mol. The van der Waals surface area contributed by atoms with Crippen LogP contribution in [0.15, 0.2) is 40.9 Å². The normalized spacial score (nSPS) is 18.1. The van der Waals surface area contributed by atoms with E-state index < -0.39 is 0 Å². The Morgan fingerprint density at radius 3 is 2.86 bits per heavy atom. The number of nitrogens with one attached hydrogen (secondary N) is 1. The van der Waals surface area contributed by atoms with Crippen LogP contribution in [0.5, 0.6) is 0 Å². The van der Waals surface area contributed by atoms with Crippen molar-refractivity contribution in [2.75, 3.05) is 19.6 Å². The molecule has 6 heteroatoms. The first-order chi connectivity index (χ1) is 9.74. The van der Waals surface area contributed by atoms with Gasteiger partial charge in [0.05, 0.1) is 0 Å². The van der Waals surface area contributed by atoms with E-state index >= 15 is 0 Å². The van der Waals surface area contributed by atoms with Gasteiger partial charge >= 0.3 is 0 Å². The summed E-state index contributed by atoms with van der Waals surface area (Å²) in [5.41, 5.74) is 1.30. The Bertz CT molecular complexity index is 600. The SMILES string of the molecule is CC1CN(C(=O)c2cc(-c3ccccc3)on2)CCN1.Cl. The lowest BCUT2D eigenvalue weighted by Gasteiger charge is -2.31. The first-order valence-electron chi connectivity index (χ1n) is 6.79. The van der Waals surface area contributed by atoms with Crippen molar-refractivity contribution in [1.82, 2.24) is 15.4 Å². The van der Waals surface area contributed by atoms with Gasteiger partial charge in [0.1, 0.15) is 0 Å². The van der Waals surface area contributed by atoms with Crippen LogP contribution >= 0.6 is 12.4 Å². The Labute approximate surface area is 129 Å². The highest BCUT2D eigenvalue weighted by Crippen LogP contribution is 2.20. The van der Waals surface area contributed by atoms with Crippen LogP contribution in [-0.4, -0.2) is 41.6 Å². The molecule has 112 valence electrons. The van der Waals surface area contributed by atoms with Gasteiger partial charge in [-0.3, -0.25) is 4.79 Å². The minimum Gasteiger partial charge on any atom is -0.355 e. The fraction of sp³-hybridized carbons (Fsp3) is 0.333. The lowest BCUT2D eigenvalue weighted by Crippen LogP contribution is -2.51. The number of nitrogens with zero attached hydrogens (tertiary/aromatic N) is 2. The molecule has 1 N–H and O–H groups in total. The number of aromatic nitrogens is 1. The number of halogens is 1. The maximum Gasteiger partial charge on any atom is 0.276 e. The summed E-state index contributed by atoms with van der Waals surface area (Å²) in [5.74, 6) is 0.557. The Morgan fingerprint density at radius 2 is 2.14 bits per heavy atom. The van der Waals surface area contributed by atoms with Crippen molar-refractivity contribution in [2.45, 2.75) is 13.0 Å². The molecule has 3 rings (SSSR count). The summed E-state index contributed by atoms with van der Waals surface area (Å²) in [5, 5.41) is 7.22. The summed E-state index contributed by atoms with van der Waals surface area (Å²) in [6, 6.07) is 11.7. The van der Waals surface area contributed by atoms with E-state index in [0.29, 0.717) is 30.6 Å². The van der Waals surface area contributed by atoms with Gasteiger partial charge in [0, 0.05) is 37.3 Å². The van der Waals surface area contributed by atoms with E-state index in [1.807, 2.05) is 35.2 Å². The molecule has 1 amide bonds. The first kappa shape index (κ1) is 15.5. The summed E-state index contributed by atoms with van der Waals surface area (Å²) in [6.07, 6.45) is 0. The Hall–Kier alpha value is -1.85. The molecule has 2 aromatic rings. The van der Waals surface area contributed by atoms with Crippen molar-refractivity contribution < 1.29 is 9.32 Å². The van der Waals surface area contributed by atoms with E-state index in [2.05, 4.69) is 17.4 Å². The highest BCUT2D eigenvalue weighted by atomic mass is 35.5. The first-order valence-corrected chi connectivity index (χ1v) is 6.79. The van der Waals surface area contributed by atoms with Crippen molar-refractivity contribution in [3.05, 3.63) is 42.1 Å². The van der Waals surface area contributed by atoms with Crippen LogP contribution in [0.25, 0.3) is 11.3 Å². The predicted molar refractivity (Wildman–Crippen MR) is 82.6 cm³/mol. The van der Waals surface area contributed by atoms with Gasteiger partial charge in [-0.25, -0.2) is 0 Å². The molecule has 0 bridgehead atoms. The molecule has 0 aliphatic carbocycles. The number of carbonyl (C=O) groups excluding carboxylic acids is 1. The Balaban J connectivity index is 0.00000161. The molecule has 2 heterocycles. The van der Waals surface area contributed by atoms with Crippen molar-refractivity contribution in [2.24, 2.45) is 0 Å². The summed E-state index contributed by atoms with van der Waals surface area (Å²) in [7, 11) is 0. The Morgan fingerprint density at radius 1 is 1.38 bits per heavy atom. The van der Waals surface area contributed by atoms with Crippen LogP contribution in [0.3, 0.4) is 0 Å². The van der Waals surface area contributed by atoms with Gasteiger partial charge in [-0.2, -0.15) is 0 Å². The third kappa shape index (κ3) is 3.43. The van der Waals surface area contributed by atoms with Crippen LogP contribution in [0, 0.1) is 0 Å². The summed E-state index contributed by atoms with van der Waals surface area (Å²) >= 11 is 0. The van der Waals surface area contributed by atoms with Crippen LogP contribution in [0.4, 0.5) is 0 Å². The number of amides is 1. The number of piperazine rings is 1. The molecule has 0 radical (unpaired) electrons. The summed E-state index contributed by atoms with van der Waals surface area (Å²) < 4.78 is 5.28. The van der Waals surface area contributed by atoms with Gasteiger partial charge in [-0.15, -0.1) is 12.4 Å². The molecular formula is C15H18ClN3O2. The van der Waals surface area contributed by atoms with E-state index in [1.165, 1.54) is 0 Å². The summed E-state index contributed by atoms with van der Waals surface area (Å²) in [4.78, 5) is 14.2. The minimum atomic E-state index is -0.0655. The lowest BCUT2D eigenvalue weighted by molar-refractivity contribution is 0.0698. The van der Waals surface area contributed by atoms with Gasteiger partial charge in [-0.05, 0) is 6.92 Å². The smallest absolute Gasteiger partial charge is 0.276 e. The van der Waals surface area contributed by atoms with Crippen LogP contribution in [0.2, 0.25) is 0 Å². The van der Waals surface area contributed by atoms with Crippen molar-refractivity contribution in [3.63, 3.8) is 0 Å². The second-order valence-electron chi connectivity index (χ2n) is 5.05. The molecule has 0 saturated carbocycles. The third-order valence-corrected chi connectivity index (χ3v) is 3.44. The molecule has 5 nitrogen and oxygen atoms in total. The van der Waals surface area contributed by atoms with E-state index in [9.17, 15) is 4.79 Å². The second-order valence-corrected chi connectivity index (χ2v) is 5.05. The monoisotopic (exact) mass is 307 g/mol. The van der Waals surface area contributed by atoms with E-state index in [-0.39, 0.29) is 18.3 Å². The highest BCUT2D eigenvalue weighted by Gasteiger charge is 2.24. The predicted octanol–water partition coefficient (Wildman–Crippen LogP) is 2.20. The zero-order valence-electron chi connectivity index (χ0n) is 11.8. The fourth-order valence-corrected chi connectivity index (χ4v) is 2.39. The van der Waals surface area contributed by atoms with Crippen LogP contribution < -0.4 is 5.32 Å². The van der Waals surface area contributed by atoms with E-state index in [1.54, 1.807) is 6.07 Å². The molecule has 1 saturated heterocycles. The van der Waals surface area contributed by atoms with E-state index in [0.717, 1.165) is 12.1 Å². The maximum absolute atomic E-state index is 12.4. The number of rotatable bonds is 2. The second kappa shape index (κ2) is 6.74. The molecule has 1 fully saturated rings. The molecule has 1 atom stereocenters. The zero-order chi connectivity index (χ0) is 13.9. The van der Waals surface area contributed by atoms with Crippen molar-refractivity contribution in [1.29, 1.82) is 0 Å². The molecule has 1 aromatic heterocycles. The molecule has 1 aromatic carbocycles. The van der Waals surface area contributed by atoms with Gasteiger partial charge in [0.2, 0.25) is 0 Å². The average Bonchev–Trinajstić information content (AvgIpc) is 2.97. The standard InChI is InChI=1S/C15H17N3O2.ClH/c1-11-10-18(8-7-16-11)15(19)13-9-14(20-17-13)12-5-3-2-4-6-12;/h2-6,9,11,16H,7-8,10H2,1H3;1H. The van der Waals surface area contributed by atoms with Gasteiger partial charge in [0.15, 0.2) is 11.5 Å². The van der Waals surface area contributed by atoms with Gasteiger partial charge in [-0.1, -0.05) is 35.5 Å². The van der Waals surface area contributed by atoms with Gasteiger partial charge < -0.3 is 14.7 Å². The zero-order valence-corrected chi connectivity index (χ0v) is 12.6. The molecule has 0 spiro atoms. The number of benzene rings is 1.